The first-order chi connectivity index (χ1) is 13.2. The van der Waals surface area contributed by atoms with Crippen LogP contribution in [0.4, 0.5) is 0 Å². The molecule has 6 nitrogen and oxygen atoms in total. The summed E-state index contributed by atoms with van der Waals surface area (Å²) in [6.45, 7) is 4.48. The van der Waals surface area contributed by atoms with Gasteiger partial charge < -0.3 is 25.2 Å². The van der Waals surface area contributed by atoms with Crippen molar-refractivity contribution in [2.45, 2.75) is 57.7 Å². The van der Waals surface area contributed by atoms with E-state index in [0.717, 1.165) is 17.9 Å². The fourth-order valence-electron chi connectivity index (χ4n) is 3.25. The number of aliphatic hydroxyl groups excluding tert-OH is 1. The average molecular weight is 378 g/mol. The number of aliphatic imine (C=N–C) groups is 1. The lowest BCUT2D eigenvalue weighted by Crippen LogP contribution is -2.39. The number of guanidine groups is 1. The van der Waals surface area contributed by atoms with Gasteiger partial charge in [-0.2, -0.15) is 0 Å². The number of hydrogen-bond acceptors (Lipinski definition) is 4. The quantitative estimate of drug-likeness (QED) is 0.267. The molecule has 6 heteroatoms. The van der Waals surface area contributed by atoms with Crippen LogP contribution in [0, 0.1) is 0 Å². The van der Waals surface area contributed by atoms with Gasteiger partial charge in [-0.05, 0) is 37.5 Å². The lowest BCUT2D eigenvalue weighted by atomic mass is 10.1. The normalized spacial score (nSPS) is 17.2. The lowest BCUT2D eigenvalue weighted by Gasteiger charge is -2.17. The molecule has 0 saturated heterocycles. The van der Waals surface area contributed by atoms with Crippen LogP contribution in [0.25, 0.3) is 0 Å². The van der Waals surface area contributed by atoms with E-state index in [-0.39, 0.29) is 0 Å². The van der Waals surface area contributed by atoms with Crippen LogP contribution < -0.4 is 15.4 Å². The van der Waals surface area contributed by atoms with Crippen LogP contribution in [0.3, 0.4) is 0 Å². The molecule has 1 atom stereocenters. The van der Waals surface area contributed by atoms with E-state index in [2.05, 4.69) is 15.6 Å². The Morgan fingerprint density at radius 1 is 1.15 bits per heavy atom. The third-order valence-corrected chi connectivity index (χ3v) is 4.82. The monoisotopic (exact) mass is 377 g/mol. The molecule has 0 spiro atoms. The third-order valence-electron chi connectivity index (χ3n) is 4.82. The number of methoxy groups -OCH3 is 1. The summed E-state index contributed by atoms with van der Waals surface area (Å²) >= 11 is 0. The topological polar surface area (TPSA) is 75.1 Å². The van der Waals surface area contributed by atoms with E-state index in [0.29, 0.717) is 31.8 Å². The molecule has 1 unspecified atom stereocenters. The Labute approximate surface area is 163 Å². The maximum atomic E-state index is 10.3. The Morgan fingerprint density at radius 2 is 1.85 bits per heavy atom. The molecule has 0 aliphatic heterocycles. The van der Waals surface area contributed by atoms with Gasteiger partial charge in [0, 0.05) is 13.1 Å². The minimum atomic E-state index is -0.645. The Hall–Kier alpha value is -1.79. The standard InChI is InChI=1S/C21H35N3O3/c1-3-22-21(23-14-15-27-19-8-6-4-5-7-9-19)24-16-20(25)17-10-12-18(26-2)13-11-17/h10-13,19-20,25H,3-9,14-16H2,1-2H3,(H2,22,23,24). The summed E-state index contributed by atoms with van der Waals surface area (Å²) in [5.74, 6) is 1.48. The van der Waals surface area contributed by atoms with Gasteiger partial charge in [0.15, 0.2) is 5.96 Å². The van der Waals surface area contributed by atoms with E-state index in [9.17, 15) is 5.11 Å². The molecule has 3 N–H and O–H groups in total. The molecule has 1 saturated carbocycles. The molecule has 27 heavy (non-hydrogen) atoms. The highest BCUT2D eigenvalue weighted by molar-refractivity contribution is 5.79. The Balaban J connectivity index is 1.75. The van der Waals surface area contributed by atoms with Crippen molar-refractivity contribution in [1.29, 1.82) is 0 Å². The second-order valence-electron chi connectivity index (χ2n) is 6.92. The third kappa shape index (κ3) is 8.18. The first kappa shape index (κ1) is 21.5. The largest absolute Gasteiger partial charge is 0.497 e. The zero-order valence-electron chi connectivity index (χ0n) is 16.7. The minimum Gasteiger partial charge on any atom is -0.497 e. The fraction of sp³-hybridized carbons (Fsp3) is 0.667. The van der Waals surface area contributed by atoms with Gasteiger partial charge in [-0.15, -0.1) is 0 Å². The molecule has 1 aliphatic rings. The summed E-state index contributed by atoms with van der Waals surface area (Å²) < 4.78 is 11.1. The van der Waals surface area contributed by atoms with Crippen LogP contribution in [-0.2, 0) is 4.74 Å². The van der Waals surface area contributed by atoms with Gasteiger partial charge in [0.05, 0.1) is 32.5 Å². The smallest absolute Gasteiger partial charge is 0.191 e. The number of hydrogen-bond donors (Lipinski definition) is 3. The Morgan fingerprint density at radius 3 is 2.48 bits per heavy atom. The highest BCUT2D eigenvalue weighted by atomic mass is 16.5. The SMILES string of the molecule is CCNC(=NCC(O)c1ccc(OC)cc1)NCCOC1CCCCCC1. The molecule has 1 fully saturated rings. The first-order valence-corrected chi connectivity index (χ1v) is 10.2. The van der Waals surface area contributed by atoms with E-state index in [1.165, 1.54) is 38.5 Å². The van der Waals surface area contributed by atoms with Gasteiger partial charge in [0.25, 0.3) is 0 Å². The van der Waals surface area contributed by atoms with Crippen molar-refractivity contribution in [3.63, 3.8) is 0 Å². The molecule has 0 heterocycles. The second-order valence-corrected chi connectivity index (χ2v) is 6.92. The lowest BCUT2D eigenvalue weighted by molar-refractivity contribution is 0.0468. The van der Waals surface area contributed by atoms with E-state index in [1.54, 1.807) is 7.11 Å². The molecular weight excluding hydrogens is 342 g/mol. The second kappa shape index (κ2) is 12.6. The van der Waals surface area contributed by atoms with Crippen molar-refractivity contribution in [1.82, 2.24) is 10.6 Å². The van der Waals surface area contributed by atoms with Crippen molar-refractivity contribution in [2.24, 2.45) is 4.99 Å². The maximum absolute atomic E-state index is 10.3. The maximum Gasteiger partial charge on any atom is 0.191 e. The van der Waals surface area contributed by atoms with E-state index in [1.807, 2.05) is 31.2 Å². The first-order valence-electron chi connectivity index (χ1n) is 10.2. The molecule has 0 aromatic heterocycles. The number of aliphatic hydroxyl groups is 1. The molecule has 0 amide bonds. The van der Waals surface area contributed by atoms with Crippen LogP contribution >= 0.6 is 0 Å². The number of benzene rings is 1. The molecule has 1 aliphatic carbocycles. The van der Waals surface area contributed by atoms with E-state index >= 15 is 0 Å². The number of rotatable bonds is 9. The summed E-state index contributed by atoms with van der Waals surface area (Å²) in [5, 5.41) is 16.8. The van der Waals surface area contributed by atoms with Crippen LogP contribution in [-0.4, -0.2) is 50.5 Å². The zero-order chi connectivity index (χ0) is 19.3. The minimum absolute atomic E-state index is 0.297. The number of ether oxygens (including phenoxy) is 2. The number of nitrogens with zero attached hydrogens (tertiary/aromatic N) is 1. The van der Waals surface area contributed by atoms with E-state index in [4.69, 9.17) is 9.47 Å². The summed E-state index contributed by atoms with van der Waals surface area (Å²) in [4.78, 5) is 4.49. The van der Waals surface area contributed by atoms with Crippen LogP contribution in [0.15, 0.2) is 29.3 Å². The van der Waals surface area contributed by atoms with Gasteiger partial charge >= 0.3 is 0 Å². The van der Waals surface area contributed by atoms with Crippen molar-refractivity contribution < 1.29 is 14.6 Å². The Kier molecular flexibility index (Phi) is 10.0. The number of nitrogens with one attached hydrogen (secondary N) is 2. The molecule has 1 aromatic rings. The Bertz CT molecular complexity index is 540. The van der Waals surface area contributed by atoms with Crippen LogP contribution in [0.2, 0.25) is 0 Å². The summed E-state index contributed by atoms with van der Waals surface area (Å²) in [6, 6.07) is 7.41. The van der Waals surface area contributed by atoms with Crippen molar-refractivity contribution in [3.8, 4) is 5.75 Å². The molecule has 152 valence electrons. The van der Waals surface area contributed by atoms with Crippen molar-refractivity contribution in [2.75, 3.05) is 33.4 Å². The van der Waals surface area contributed by atoms with Gasteiger partial charge in [0.1, 0.15) is 5.75 Å². The predicted octanol–water partition coefficient (Wildman–Crippen LogP) is 3.02. The molecule has 2 rings (SSSR count). The molecular formula is C21H35N3O3. The van der Waals surface area contributed by atoms with Crippen molar-refractivity contribution in [3.05, 3.63) is 29.8 Å². The summed E-state index contributed by atoms with van der Waals surface area (Å²) in [6.07, 6.45) is 7.37. The van der Waals surface area contributed by atoms with Gasteiger partial charge in [0.2, 0.25) is 0 Å². The van der Waals surface area contributed by atoms with Gasteiger partial charge in [-0.25, -0.2) is 0 Å². The molecule has 0 radical (unpaired) electrons. The van der Waals surface area contributed by atoms with Crippen LogP contribution in [0.5, 0.6) is 5.75 Å². The zero-order valence-corrected chi connectivity index (χ0v) is 16.7. The summed E-state index contributed by atoms with van der Waals surface area (Å²) in [5.41, 5.74) is 0.826. The molecule has 0 bridgehead atoms. The van der Waals surface area contributed by atoms with Gasteiger partial charge in [-0.3, -0.25) is 4.99 Å². The highest BCUT2D eigenvalue weighted by Gasteiger charge is 2.12. The fourth-order valence-corrected chi connectivity index (χ4v) is 3.25. The van der Waals surface area contributed by atoms with Gasteiger partial charge in [-0.1, -0.05) is 37.8 Å². The van der Waals surface area contributed by atoms with E-state index < -0.39 is 6.10 Å². The predicted molar refractivity (Wildman–Crippen MR) is 109 cm³/mol. The highest BCUT2D eigenvalue weighted by Crippen LogP contribution is 2.19. The molecule has 1 aromatic carbocycles. The van der Waals surface area contributed by atoms with Crippen LogP contribution in [0.1, 0.15) is 57.1 Å². The van der Waals surface area contributed by atoms with Crippen molar-refractivity contribution >= 4 is 5.96 Å². The summed E-state index contributed by atoms with van der Waals surface area (Å²) in [7, 11) is 1.63. The average Bonchev–Trinajstić information content (AvgIpc) is 2.98.